The number of primary amides is 1. The van der Waals surface area contributed by atoms with Crippen molar-refractivity contribution in [1.82, 2.24) is 0 Å². The summed E-state index contributed by atoms with van der Waals surface area (Å²) in [6.07, 6.45) is 0.444. The van der Waals surface area contributed by atoms with Crippen LogP contribution in [0.2, 0.25) is 0 Å². The SMILES string of the molecule is CCC(N)=O.OO. The van der Waals surface area contributed by atoms with E-state index in [0.29, 0.717) is 6.42 Å². The fraction of sp³-hybridized carbons (Fsp3) is 0.667. The van der Waals surface area contributed by atoms with Crippen LogP contribution in [0.5, 0.6) is 0 Å². The second-order valence-electron chi connectivity index (χ2n) is 0.820. The van der Waals surface area contributed by atoms with Gasteiger partial charge in [-0.15, -0.1) is 0 Å². The van der Waals surface area contributed by atoms with Crippen LogP contribution in [-0.2, 0) is 4.79 Å². The Balaban J connectivity index is 0. The summed E-state index contributed by atoms with van der Waals surface area (Å²) in [5.41, 5.74) is 4.65. The Morgan fingerprint density at radius 1 is 1.71 bits per heavy atom. The van der Waals surface area contributed by atoms with Crippen LogP contribution in [0.1, 0.15) is 13.3 Å². The third kappa shape index (κ3) is 32.1. The second kappa shape index (κ2) is 9.04. The summed E-state index contributed by atoms with van der Waals surface area (Å²) in [7, 11) is 0. The zero-order valence-electron chi connectivity index (χ0n) is 4.09. The molecule has 0 saturated heterocycles. The van der Waals surface area contributed by atoms with Crippen molar-refractivity contribution in [3.8, 4) is 0 Å². The molecule has 0 radical (unpaired) electrons. The number of carbonyl (C=O) groups excluding carboxylic acids is 1. The highest BCUT2D eigenvalue weighted by molar-refractivity contribution is 5.73. The molecular formula is C3H9NO3. The molecule has 0 heterocycles. The lowest BCUT2D eigenvalue weighted by Gasteiger charge is -1.73. The first-order valence-electron chi connectivity index (χ1n) is 1.75. The number of hydrogen-bond acceptors (Lipinski definition) is 3. The molecule has 0 aliphatic carbocycles. The van der Waals surface area contributed by atoms with E-state index in [0.717, 1.165) is 0 Å². The molecule has 44 valence electrons. The first-order chi connectivity index (χ1) is 3.27. The number of amides is 1. The maximum absolute atomic E-state index is 9.59. The minimum Gasteiger partial charge on any atom is -0.370 e. The molecule has 0 aromatic heterocycles. The molecule has 0 fully saturated rings. The molecule has 0 rings (SSSR count). The molecule has 7 heavy (non-hydrogen) atoms. The Labute approximate surface area is 41.5 Å². The molecule has 0 spiro atoms. The van der Waals surface area contributed by atoms with E-state index in [-0.39, 0.29) is 5.91 Å². The minimum atomic E-state index is -0.245. The van der Waals surface area contributed by atoms with Gasteiger partial charge in [-0.25, -0.2) is 0 Å². The van der Waals surface area contributed by atoms with Gasteiger partial charge in [-0.05, 0) is 0 Å². The smallest absolute Gasteiger partial charge is 0.217 e. The summed E-state index contributed by atoms with van der Waals surface area (Å²) >= 11 is 0. The fourth-order valence-corrected chi connectivity index (χ4v) is 0. The highest BCUT2D eigenvalue weighted by Gasteiger charge is 1.77. The number of nitrogens with two attached hydrogens (primary N) is 1. The summed E-state index contributed by atoms with van der Waals surface area (Å²) in [5, 5.41) is 12.0. The largest absolute Gasteiger partial charge is 0.370 e. The van der Waals surface area contributed by atoms with E-state index >= 15 is 0 Å². The summed E-state index contributed by atoms with van der Waals surface area (Å²) in [6, 6.07) is 0. The van der Waals surface area contributed by atoms with Crippen LogP contribution in [0.3, 0.4) is 0 Å². The first-order valence-corrected chi connectivity index (χ1v) is 1.75. The van der Waals surface area contributed by atoms with Crippen LogP contribution in [0, 0.1) is 0 Å². The van der Waals surface area contributed by atoms with Crippen LogP contribution >= 0.6 is 0 Å². The second-order valence-corrected chi connectivity index (χ2v) is 0.820. The van der Waals surface area contributed by atoms with E-state index in [1.807, 2.05) is 0 Å². The van der Waals surface area contributed by atoms with Gasteiger partial charge in [-0.2, -0.15) is 0 Å². The quantitative estimate of drug-likeness (QED) is 0.323. The average molecular weight is 107 g/mol. The molecule has 0 bridgehead atoms. The maximum Gasteiger partial charge on any atom is 0.217 e. The summed E-state index contributed by atoms with van der Waals surface area (Å²) in [6.45, 7) is 1.72. The van der Waals surface area contributed by atoms with Crippen molar-refractivity contribution in [3.05, 3.63) is 0 Å². The van der Waals surface area contributed by atoms with E-state index in [2.05, 4.69) is 5.73 Å². The fourth-order valence-electron chi connectivity index (χ4n) is 0. The van der Waals surface area contributed by atoms with Crippen LogP contribution in [0.15, 0.2) is 0 Å². The summed E-state index contributed by atoms with van der Waals surface area (Å²) < 4.78 is 0. The van der Waals surface area contributed by atoms with E-state index < -0.39 is 0 Å². The Morgan fingerprint density at radius 3 is 1.86 bits per heavy atom. The highest BCUT2D eigenvalue weighted by Crippen LogP contribution is 1.63. The molecule has 0 aromatic carbocycles. The zero-order chi connectivity index (χ0) is 6.28. The topological polar surface area (TPSA) is 83.6 Å². The van der Waals surface area contributed by atoms with Crippen molar-refractivity contribution in [2.75, 3.05) is 0 Å². The molecule has 0 unspecified atom stereocenters. The Morgan fingerprint density at radius 2 is 1.86 bits per heavy atom. The Kier molecular flexibility index (Phi) is 12.4. The minimum absolute atomic E-state index is 0.245. The molecule has 4 N–H and O–H groups in total. The van der Waals surface area contributed by atoms with Crippen LogP contribution in [0.25, 0.3) is 0 Å². The number of hydrogen-bond donors (Lipinski definition) is 3. The summed E-state index contributed by atoms with van der Waals surface area (Å²) in [5.74, 6) is -0.245. The molecule has 4 heteroatoms. The van der Waals surface area contributed by atoms with Crippen LogP contribution in [0.4, 0.5) is 0 Å². The molecular weight excluding hydrogens is 98.0 g/mol. The Bertz CT molecular complexity index is 45.4. The van der Waals surface area contributed by atoms with Gasteiger partial charge < -0.3 is 5.73 Å². The van der Waals surface area contributed by atoms with E-state index in [1.165, 1.54) is 0 Å². The first kappa shape index (κ1) is 9.63. The van der Waals surface area contributed by atoms with E-state index in [4.69, 9.17) is 10.5 Å². The predicted molar refractivity (Wildman–Crippen MR) is 24.7 cm³/mol. The average Bonchev–Trinajstić information content (AvgIpc) is 1.73. The van der Waals surface area contributed by atoms with E-state index in [9.17, 15) is 4.79 Å². The van der Waals surface area contributed by atoms with Gasteiger partial charge >= 0.3 is 0 Å². The van der Waals surface area contributed by atoms with Crippen molar-refractivity contribution in [3.63, 3.8) is 0 Å². The predicted octanol–water partition coefficient (Wildman–Crippen LogP) is -0.101. The van der Waals surface area contributed by atoms with Crippen LogP contribution < -0.4 is 5.73 Å². The molecule has 0 aliphatic heterocycles. The lowest BCUT2D eigenvalue weighted by molar-refractivity contribution is -0.176. The normalized spacial score (nSPS) is 6.14. The van der Waals surface area contributed by atoms with Crippen molar-refractivity contribution in [2.45, 2.75) is 13.3 Å². The molecule has 0 aliphatic rings. The van der Waals surface area contributed by atoms with Gasteiger partial charge in [-0.1, -0.05) is 6.92 Å². The van der Waals surface area contributed by atoms with Gasteiger partial charge in [0.05, 0.1) is 0 Å². The van der Waals surface area contributed by atoms with Crippen molar-refractivity contribution in [2.24, 2.45) is 5.73 Å². The molecule has 0 saturated carbocycles. The third-order valence-electron chi connectivity index (χ3n) is 0.348. The van der Waals surface area contributed by atoms with Crippen LogP contribution in [-0.4, -0.2) is 16.4 Å². The Hall–Kier alpha value is -0.610. The number of rotatable bonds is 1. The van der Waals surface area contributed by atoms with Gasteiger partial charge in [0.25, 0.3) is 0 Å². The van der Waals surface area contributed by atoms with E-state index in [1.54, 1.807) is 6.92 Å². The third-order valence-corrected chi connectivity index (χ3v) is 0.348. The molecule has 1 amide bonds. The monoisotopic (exact) mass is 107 g/mol. The van der Waals surface area contributed by atoms with Gasteiger partial charge in [0.2, 0.25) is 5.91 Å². The van der Waals surface area contributed by atoms with Crippen molar-refractivity contribution >= 4 is 5.91 Å². The lowest BCUT2D eigenvalue weighted by Crippen LogP contribution is -2.06. The number of carbonyl (C=O) groups is 1. The van der Waals surface area contributed by atoms with Crippen molar-refractivity contribution < 1.29 is 15.3 Å². The highest BCUT2D eigenvalue weighted by atomic mass is 17.0. The van der Waals surface area contributed by atoms with Gasteiger partial charge in [-0.3, -0.25) is 15.3 Å². The molecule has 0 aromatic rings. The van der Waals surface area contributed by atoms with Gasteiger partial charge in [0, 0.05) is 6.42 Å². The standard InChI is InChI=1S/C3H7NO.H2O2/c1-2-3(4)5;1-2/h2H2,1H3,(H2,4,5);1-2H. The summed E-state index contributed by atoms with van der Waals surface area (Å²) in [4.78, 5) is 9.59. The van der Waals surface area contributed by atoms with Gasteiger partial charge in [0.1, 0.15) is 0 Å². The lowest BCUT2D eigenvalue weighted by atomic mass is 10.5. The molecule has 4 nitrogen and oxygen atoms in total. The zero-order valence-corrected chi connectivity index (χ0v) is 4.09. The van der Waals surface area contributed by atoms with Gasteiger partial charge in [0.15, 0.2) is 0 Å². The molecule has 0 atom stereocenters. The maximum atomic E-state index is 9.59. The van der Waals surface area contributed by atoms with Crippen molar-refractivity contribution in [1.29, 1.82) is 0 Å².